The Morgan fingerprint density at radius 3 is 2.60 bits per heavy atom. The Hall–Kier alpha value is -4.92. The summed E-state index contributed by atoms with van der Waals surface area (Å²) in [5, 5.41) is 25.3. The number of phenols is 2. The molecule has 0 aromatic heterocycles. The van der Waals surface area contributed by atoms with Gasteiger partial charge in [0.15, 0.2) is 0 Å². The van der Waals surface area contributed by atoms with Gasteiger partial charge in [-0.05, 0) is 77.8 Å². The average Bonchev–Trinajstić information content (AvgIpc) is 3.35. The van der Waals surface area contributed by atoms with Crippen molar-refractivity contribution < 1.29 is 23.8 Å². The highest BCUT2D eigenvalue weighted by molar-refractivity contribution is 6.34. The van der Waals surface area contributed by atoms with Gasteiger partial charge in [-0.2, -0.15) is 8.78 Å². The number of anilines is 1. The number of amides is 2. The molecule has 4 N–H and O–H groups in total. The fraction of sp³-hybridized carbons (Fsp3) is 0.222. The van der Waals surface area contributed by atoms with Crippen molar-refractivity contribution in [1.82, 2.24) is 5.32 Å². The molecular formula is C36H34BF2N3O3. The van der Waals surface area contributed by atoms with Gasteiger partial charge in [0.2, 0.25) is 0 Å². The molecule has 228 valence electrons. The molecule has 2 atom stereocenters. The monoisotopic (exact) mass is 605 g/mol. The number of allylic oxidation sites excluding steroid dienone is 5. The number of nitrogens with zero attached hydrogens (tertiary/aromatic N) is 1. The van der Waals surface area contributed by atoms with Gasteiger partial charge in [0, 0.05) is 18.3 Å². The Morgan fingerprint density at radius 2 is 1.87 bits per heavy atom. The molecule has 6 nitrogen and oxygen atoms in total. The predicted octanol–water partition coefficient (Wildman–Crippen LogP) is 7.56. The van der Waals surface area contributed by atoms with E-state index in [4.69, 9.17) is 7.85 Å². The van der Waals surface area contributed by atoms with Crippen molar-refractivity contribution in [1.29, 1.82) is 0 Å². The van der Waals surface area contributed by atoms with E-state index in [-0.39, 0.29) is 35.7 Å². The summed E-state index contributed by atoms with van der Waals surface area (Å²) in [5.41, 5.74) is 6.00. The number of urea groups is 1. The summed E-state index contributed by atoms with van der Waals surface area (Å²) in [6, 6.07) is 17.9. The molecule has 2 amide bonds. The second-order valence-corrected chi connectivity index (χ2v) is 11.4. The van der Waals surface area contributed by atoms with Crippen LogP contribution in [0.25, 0.3) is 5.57 Å². The lowest BCUT2D eigenvalue weighted by Gasteiger charge is -2.24. The summed E-state index contributed by atoms with van der Waals surface area (Å²) in [4.78, 5) is 17.2. The van der Waals surface area contributed by atoms with Gasteiger partial charge in [0.1, 0.15) is 19.3 Å². The highest BCUT2D eigenvalue weighted by atomic mass is 19.3. The van der Waals surface area contributed by atoms with Gasteiger partial charge in [-0.1, -0.05) is 79.2 Å². The number of aliphatic imine (C=N–C) groups is 1. The largest absolute Gasteiger partial charge is 0.508 e. The number of carbonyl (C=O) groups is 1. The van der Waals surface area contributed by atoms with Gasteiger partial charge in [0.05, 0.1) is 17.3 Å². The molecule has 2 radical (unpaired) electrons. The molecule has 2 aliphatic rings. The zero-order valence-electron chi connectivity index (χ0n) is 24.9. The summed E-state index contributed by atoms with van der Waals surface area (Å²) in [6.07, 6.45) is 8.64. The molecule has 2 unspecified atom stereocenters. The van der Waals surface area contributed by atoms with E-state index in [0.29, 0.717) is 18.0 Å². The van der Waals surface area contributed by atoms with Gasteiger partial charge >= 0.3 is 6.03 Å². The van der Waals surface area contributed by atoms with Crippen molar-refractivity contribution in [2.24, 2.45) is 10.9 Å². The Bertz CT molecular complexity index is 1730. The maximum atomic E-state index is 14.3. The first-order valence-electron chi connectivity index (χ1n) is 14.7. The first kappa shape index (κ1) is 31.5. The zero-order chi connectivity index (χ0) is 32.1. The fourth-order valence-electron chi connectivity index (χ4n) is 5.63. The molecule has 1 aliphatic carbocycles. The quantitative estimate of drug-likeness (QED) is 0.115. The predicted molar refractivity (Wildman–Crippen MR) is 176 cm³/mol. The lowest BCUT2D eigenvalue weighted by molar-refractivity contribution is 0.0531. The maximum absolute atomic E-state index is 14.3. The summed E-state index contributed by atoms with van der Waals surface area (Å²) < 4.78 is 28.5. The van der Waals surface area contributed by atoms with Crippen LogP contribution in [0.3, 0.4) is 0 Å². The molecule has 0 fully saturated rings. The molecule has 0 saturated carbocycles. The molecule has 45 heavy (non-hydrogen) atoms. The van der Waals surface area contributed by atoms with Crippen molar-refractivity contribution in [3.05, 3.63) is 130 Å². The molecule has 1 heterocycles. The third-order valence-corrected chi connectivity index (χ3v) is 8.21. The number of hydrogen-bond acceptors (Lipinski definition) is 4. The second-order valence-electron chi connectivity index (χ2n) is 11.4. The number of aromatic hydroxyl groups is 2. The van der Waals surface area contributed by atoms with Gasteiger partial charge in [-0.15, -0.1) is 0 Å². The van der Waals surface area contributed by atoms with Gasteiger partial charge in [0.25, 0.3) is 5.92 Å². The summed E-state index contributed by atoms with van der Waals surface area (Å²) in [6.45, 7) is 5.50. The zero-order valence-corrected chi connectivity index (χ0v) is 24.9. The third-order valence-electron chi connectivity index (χ3n) is 8.21. The van der Waals surface area contributed by atoms with E-state index in [1.165, 1.54) is 17.7 Å². The number of halogens is 2. The number of alkyl halides is 2. The average molecular weight is 605 g/mol. The number of fused-ring (bicyclic) bond motifs is 1. The van der Waals surface area contributed by atoms with Crippen LogP contribution in [0.15, 0.2) is 113 Å². The van der Waals surface area contributed by atoms with Gasteiger partial charge in [-0.25, -0.2) is 4.79 Å². The molecule has 0 saturated heterocycles. The van der Waals surface area contributed by atoms with Crippen LogP contribution in [0.2, 0.25) is 0 Å². The minimum atomic E-state index is -3.43. The summed E-state index contributed by atoms with van der Waals surface area (Å²) in [7, 11) is 6.26. The minimum absolute atomic E-state index is 0.00104. The van der Waals surface area contributed by atoms with Crippen molar-refractivity contribution in [2.45, 2.75) is 44.7 Å². The van der Waals surface area contributed by atoms with E-state index < -0.39 is 17.5 Å². The number of phenolic OH excluding ortho intramolecular Hbond substituents is 2. The van der Waals surface area contributed by atoms with Crippen LogP contribution in [-0.4, -0.2) is 36.3 Å². The molecule has 0 bridgehead atoms. The number of para-hydroxylation sites is 1. The molecule has 1 aliphatic heterocycles. The summed E-state index contributed by atoms with van der Waals surface area (Å²) in [5.74, 6) is -3.38. The number of nitrogens with one attached hydrogen (secondary N) is 2. The smallest absolute Gasteiger partial charge is 0.319 e. The Kier molecular flexibility index (Phi) is 9.37. The van der Waals surface area contributed by atoms with Crippen LogP contribution >= 0.6 is 0 Å². The van der Waals surface area contributed by atoms with Crippen LogP contribution in [-0.2, 0) is 18.9 Å². The van der Waals surface area contributed by atoms with E-state index in [0.717, 1.165) is 46.7 Å². The highest BCUT2D eigenvalue weighted by Gasteiger charge is 2.31. The number of rotatable bonds is 9. The van der Waals surface area contributed by atoms with E-state index in [1.807, 2.05) is 36.4 Å². The third kappa shape index (κ3) is 7.43. The normalized spacial score (nSPS) is 17.0. The Morgan fingerprint density at radius 1 is 1.13 bits per heavy atom. The highest BCUT2D eigenvalue weighted by Crippen LogP contribution is 2.38. The van der Waals surface area contributed by atoms with E-state index in [9.17, 15) is 23.8 Å². The van der Waals surface area contributed by atoms with Crippen molar-refractivity contribution in [3.8, 4) is 11.5 Å². The van der Waals surface area contributed by atoms with Gasteiger partial charge in [-0.3, -0.25) is 4.99 Å². The lowest BCUT2D eigenvalue weighted by atomic mass is 9.80. The second kappa shape index (κ2) is 13.4. The van der Waals surface area contributed by atoms with Crippen LogP contribution in [0.1, 0.15) is 42.0 Å². The number of benzene rings is 3. The molecule has 9 heteroatoms. The van der Waals surface area contributed by atoms with Crippen molar-refractivity contribution >= 4 is 31.4 Å². The van der Waals surface area contributed by atoms with E-state index in [2.05, 4.69) is 41.3 Å². The first-order valence-corrected chi connectivity index (χ1v) is 14.7. The van der Waals surface area contributed by atoms with Crippen LogP contribution in [0, 0.1) is 5.92 Å². The van der Waals surface area contributed by atoms with Crippen molar-refractivity contribution in [3.63, 3.8) is 0 Å². The first-order chi connectivity index (χ1) is 21.5. The molecule has 3 aromatic rings. The SMILES string of the molecule is [B]C1=C2CC=C(c3ccccc3O)C=C(C(C)Cc3ccc(CNC(=O)Nc4ccc(O)cc4C(F)(F)C=C)cc3)CC2N=C1. The van der Waals surface area contributed by atoms with E-state index >= 15 is 0 Å². The van der Waals surface area contributed by atoms with Gasteiger partial charge < -0.3 is 20.8 Å². The molecule has 5 rings (SSSR count). The van der Waals surface area contributed by atoms with Crippen LogP contribution in [0.4, 0.5) is 19.3 Å². The molecule has 3 aromatic carbocycles. The number of hydrogen-bond donors (Lipinski definition) is 4. The minimum Gasteiger partial charge on any atom is -0.508 e. The molecule has 0 spiro atoms. The van der Waals surface area contributed by atoms with E-state index in [1.54, 1.807) is 18.3 Å². The topological polar surface area (TPSA) is 94.0 Å². The fourth-order valence-corrected chi connectivity index (χ4v) is 5.63. The van der Waals surface area contributed by atoms with Crippen molar-refractivity contribution in [2.75, 3.05) is 5.32 Å². The molecular weight excluding hydrogens is 571 g/mol. The maximum Gasteiger partial charge on any atom is 0.319 e. The Balaban J connectivity index is 1.25. The van der Waals surface area contributed by atoms with Crippen LogP contribution < -0.4 is 10.6 Å². The summed E-state index contributed by atoms with van der Waals surface area (Å²) >= 11 is 0. The van der Waals surface area contributed by atoms with Crippen LogP contribution in [0.5, 0.6) is 11.5 Å². The standard InChI is InChI=1S/C36H34BF2N3O3/c1-3-36(38,39)30-19-27(43)13-15-32(30)42-35(45)41-20-24-10-8-23(9-11-24)16-22(2)26-17-25(28-6-4-5-7-34(28)44)12-14-29-31(37)21-40-33(29)18-26/h3-13,15,17,19,21-22,33,43-44H,1,14,16,18,20H2,2H3,(H2,41,42,45). The Labute approximate surface area is 263 Å². The number of carbonyl (C=O) groups excluding carboxylic acids is 1. The lowest BCUT2D eigenvalue weighted by Crippen LogP contribution is -2.29.